The van der Waals surface area contributed by atoms with Crippen molar-refractivity contribution in [2.45, 2.75) is 46.6 Å². The number of carbonyl (C=O) groups excluding carboxylic acids is 1. The van der Waals surface area contributed by atoms with Gasteiger partial charge in [-0.3, -0.25) is 4.79 Å². The normalized spacial score (nSPS) is 51.4. The fourth-order valence-electron chi connectivity index (χ4n) is 5.01. The van der Waals surface area contributed by atoms with Crippen LogP contribution < -0.4 is 0 Å². The molecule has 2 nitrogen and oxygen atoms in total. The SMILES string of the molecule is CC1=CC(=O)[C@@H]2[C@@H]3[C@H]1[C@@]2(C)CC[C@@H](O)C3(C)C. The van der Waals surface area contributed by atoms with E-state index in [-0.39, 0.29) is 22.9 Å². The van der Waals surface area contributed by atoms with E-state index in [9.17, 15) is 9.90 Å². The molecule has 0 radical (unpaired) electrons. The maximum atomic E-state index is 12.3. The van der Waals surface area contributed by atoms with E-state index in [1.807, 2.05) is 6.08 Å². The summed E-state index contributed by atoms with van der Waals surface area (Å²) in [6, 6.07) is 0. The first-order chi connectivity index (χ1) is 7.80. The molecule has 0 aliphatic heterocycles. The van der Waals surface area contributed by atoms with Crippen molar-refractivity contribution >= 4 is 5.78 Å². The Bertz CT molecular complexity index is 421. The van der Waals surface area contributed by atoms with Crippen molar-refractivity contribution in [3.8, 4) is 0 Å². The van der Waals surface area contributed by atoms with E-state index in [0.717, 1.165) is 12.8 Å². The quantitative estimate of drug-likeness (QED) is 0.699. The lowest BCUT2D eigenvalue weighted by molar-refractivity contribution is -0.170. The number of ketones is 1. The van der Waals surface area contributed by atoms with Crippen molar-refractivity contribution in [3.63, 3.8) is 0 Å². The van der Waals surface area contributed by atoms with Crippen LogP contribution in [0.5, 0.6) is 0 Å². The summed E-state index contributed by atoms with van der Waals surface area (Å²) in [5.74, 6) is 1.32. The van der Waals surface area contributed by atoms with Crippen LogP contribution in [0.1, 0.15) is 40.5 Å². The molecule has 0 amide bonds. The first-order valence-electron chi connectivity index (χ1n) is 6.70. The van der Waals surface area contributed by atoms with Crippen molar-refractivity contribution in [1.82, 2.24) is 0 Å². The van der Waals surface area contributed by atoms with Crippen LogP contribution in [0.4, 0.5) is 0 Å². The molecule has 4 rings (SSSR count). The summed E-state index contributed by atoms with van der Waals surface area (Å²) in [4.78, 5) is 12.3. The highest BCUT2D eigenvalue weighted by atomic mass is 16.3. The predicted octanol–water partition coefficient (Wildman–Crippen LogP) is 2.56. The Hall–Kier alpha value is -0.630. The molecular formula is C15H22O2. The van der Waals surface area contributed by atoms with Crippen molar-refractivity contribution in [3.05, 3.63) is 11.6 Å². The molecule has 4 aliphatic rings. The zero-order valence-electron chi connectivity index (χ0n) is 11.2. The van der Waals surface area contributed by atoms with Gasteiger partial charge in [-0.2, -0.15) is 0 Å². The average Bonchev–Trinajstić information content (AvgIpc) is 2.32. The highest BCUT2D eigenvalue weighted by Crippen LogP contribution is 2.71. The standard InChI is InChI=1S/C15H22O2/c1-8-7-9(16)12-13-11(8)15(12,4)6-5-10(17)14(13,2)3/h7,10-13,17H,5-6H2,1-4H3/t10-,11+,12-,13+,15-/m1/s1. The first kappa shape index (κ1) is 11.5. The lowest BCUT2D eigenvalue weighted by Gasteiger charge is -2.65. The van der Waals surface area contributed by atoms with Crippen molar-refractivity contribution in [2.24, 2.45) is 28.6 Å². The summed E-state index contributed by atoms with van der Waals surface area (Å²) in [6.45, 7) is 8.62. The van der Waals surface area contributed by atoms with Crippen LogP contribution in [0.2, 0.25) is 0 Å². The number of aliphatic hydroxyl groups is 1. The molecule has 94 valence electrons. The second kappa shape index (κ2) is 3.03. The highest BCUT2D eigenvalue weighted by molar-refractivity contribution is 5.96. The zero-order chi connectivity index (χ0) is 12.6. The molecule has 1 N–H and O–H groups in total. The number of aliphatic hydroxyl groups excluding tert-OH is 1. The van der Waals surface area contributed by atoms with Gasteiger partial charge in [-0.25, -0.2) is 0 Å². The van der Waals surface area contributed by atoms with Gasteiger partial charge in [0.05, 0.1) is 6.10 Å². The number of carbonyl (C=O) groups is 1. The average molecular weight is 234 g/mol. The van der Waals surface area contributed by atoms with Crippen LogP contribution in [0.25, 0.3) is 0 Å². The molecule has 0 aromatic heterocycles. The molecule has 0 saturated heterocycles. The van der Waals surface area contributed by atoms with Gasteiger partial charge < -0.3 is 5.11 Å². The minimum absolute atomic E-state index is 0.120. The van der Waals surface area contributed by atoms with E-state index in [0.29, 0.717) is 17.6 Å². The van der Waals surface area contributed by atoms with Gasteiger partial charge in [0.15, 0.2) is 5.78 Å². The van der Waals surface area contributed by atoms with E-state index in [1.165, 1.54) is 5.57 Å². The first-order valence-corrected chi connectivity index (χ1v) is 6.70. The molecule has 4 bridgehead atoms. The fourth-order valence-corrected chi connectivity index (χ4v) is 5.01. The third-order valence-corrected chi connectivity index (χ3v) is 5.98. The summed E-state index contributed by atoms with van der Waals surface area (Å²) >= 11 is 0. The molecule has 0 aromatic carbocycles. The lowest BCUT2D eigenvalue weighted by atomic mass is 9.38. The summed E-state index contributed by atoms with van der Waals surface area (Å²) in [5.41, 5.74) is 1.23. The number of hydrogen-bond acceptors (Lipinski definition) is 2. The monoisotopic (exact) mass is 234 g/mol. The van der Waals surface area contributed by atoms with Gasteiger partial charge in [0, 0.05) is 5.92 Å². The molecule has 0 heterocycles. The maximum absolute atomic E-state index is 12.3. The third kappa shape index (κ3) is 1.13. The largest absolute Gasteiger partial charge is 0.393 e. The molecule has 2 heteroatoms. The molecule has 0 spiro atoms. The van der Waals surface area contributed by atoms with Gasteiger partial charge in [0.25, 0.3) is 0 Å². The lowest BCUT2D eigenvalue weighted by Crippen LogP contribution is -2.64. The summed E-state index contributed by atoms with van der Waals surface area (Å²) < 4.78 is 0. The van der Waals surface area contributed by atoms with E-state index >= 15 is 0 Å². The number of hydrogen-bond donors (Lipinski definition) is 1. The Morgan fingerprint density at radius 1 is 1.29 bits per heavy atom. The van der Waals surface area contributed by atoms with Gasteiger partial charge in [0.1, 0.15) is 0 Å². The van der Waals surface area contributed by atoms with Gasteiger partial charge in [0.2, 0.25) is 0 Å². The van der Waals surface area contributed by atoms with Gasteiger partial charge in [-0.05, 0) is 48.5 Å². The van der Waals surface area contributed by atoms with Crippen LogP contribution in [-0.4, -0.2) is 17.0 Å². The van der Waals surface area contributed by atoms with E-state index in [4.69, 9.17) is 0 Å². The Morgan fingerprint density at radius 3 is 2.53 bits per heavy atom. The minimum Gasteiger partial charge on any atom is -0.393 e. The smallest absolute Gasteiger partial charge is 0.159 e. The summed E-state index contributed by atoms with van der Waals surface area (Å²) in [5, 5.41) is 10.3. The Balaban J connectivity index is 2.14. The van der Waals surface area contributed by atoms with E-state index < -0.39 is 0 Å². The Morgan fingerprint density at radius 2 is 1.94 bits per heavy atom. The van der Waals surface area contributed by atoms with Crippen LogP contribution in [0.15, 0.2) is 11.6 Å². The zero-order valence-corrected chi connectivity index (χ0v) is 11.2. The van der Waals surface area contributed by atoms with Crippen molar-refractivity contribution < 1.29 is 9.90 Å². The highest BCUT2D eigenvalue weighted by Gasteiger charge is 2.69. The summed E-state index contributed by atoms with van der Waals surface area (Å²) in [7, 11) is 0. The minimum atomic E-state index is -0.263. The number of allylic oxidation sites excluding steroid dienone is 2. The van der Waals surface area contributed by atoms with Gasteiger partial charge in [-0.15, -0.1) is 0 Å². The van der Waals surface area contributed by atoms with Crippen LogP contribution in [-0.2, 0) is 4.79 Å². The van der Waals surface area contributed by atoms with E-state index in [1.54, 1.807) is 0 Å². The molecule has 0 unspecified atom stereocenters. The van der Waals surface area contributed by atoms with Crippen LogP contribution >= 0.6 is 0 Å². The molecule has 2 fully saturated rings. The van der Waals surface area contributed by atoms with Crippen molar-refractivity contribution in [1.29, 1.82) is 0 Å². The third-order valence-electron chi connectivity index (χ3n) is 5.98. The van der Waals surface area contributed by atoms with Gasteiger partial charge in [-0.1, -0.05) is 26.3 Å². The Kier molecular flexibility index (Phi) is 2.04. The second-order valence-corrected chi connectivity index (χ2v) is 7.15. The molecular weight excluding hydrogens is 212 g/mol. The fraction of sp³-hybridized carbons (Fsp3) is 0.800. The Labute approximate surface area is 103 Å². The topological polar surface area (TPSA) is 37.3 Å². The second-order valence-electron chi connectivity index (χ2n) is 7.15. The van der Waals surface area contributed by atoms with Crippen LogP contribution in [0, 0.1) is 28.6 Å². The molecule has 2 saturated carbocycles. The summed E-state index contributed by atoms with van der Waals surface area (Å²) in [6.07, 6.45) is 3.41. The molecule has 0 aromatic rings. The number of fused-ring (bicyclic) bond motifs is 1. The number of rotatable bonds is 0. The molecule has 5 atom stereocenters. The molecule has 4 aliphatic carbocycles. The van der Waals surface area contributed by atoms with E-state index in [2.05, 4.69) is 27.7 Å². The molecule has 17 heavy (non-hydrogen) atoms. The van der Waals surface area contributed by atoms with Crippen LogP contribution in [0.3, 0.4) is 0 Å². The van der Waals surface area contributed by atoms with Gasteiger partial charge >= 0.3 is 0 Å². The maximum Gasteiger partial charge on any atom is 0.159 e. The predicted molar refractivity (Wildman–Crippen MR) is 66.4 cm³/mol. The van der Waals surface area contributed by atoms with Crippen molar-refractivity contribution in [2.75, 3.05) is 0 Å².